The predicted molar refractivity (Wildman–Crippen MR) is 76.9 cm³/mol. The van der Waals surface area contributed by atoms with Gasteiger partial charge in [-0.2, -0.15) is 5.26 Å². The molecule has 3 nitrogen and oxygen atoms in total. The number of esters is 1. The highest BCUT2D eigenvalue weighted by atomic mass is 16.5. The van der Waals surface area contributed by atoms with Crippen LogP contribution in [0.5, 0.6) is 0 Å². The van der Waals surface area contributed by atoms with E-state index in [2.05, 4.69) is 13.0 Å². The Bertz CT molecular complexity index is 583. The molecule has 0 unspecified atom stereocenters. The first-order valence-electron chi connectivity index (χ1n) is 6.75. The Morgan fingerprint density at radius 2 is 1.95 bits per heavy atom. The fourth-order valence-corrected chi connectivity index (χ4v) is 2.99. The molecule has 0 saturated carbocycles. The molecule has 0 aromatic heterocycles. The van der Waals surface area contributed by atoms with Gasteiger partial charge in [-0.15, -0.1) is 0 Å². The Balaban J connectivity index is 2.56. The number of rotatable bonds is 2. The van der Waals surface area contributed by atoms with Gasteiger partial charge in [-0.25, -0.2) is 0 Å². The highest BCUT2D eigenvalue weighted by Crippen LogP contribution is 2.49. The van der Waals surface area contributed by atoms with Gasteiger partial charge in [0.15, 0.2) is 5.41 Å². The van der Waals surface area contributed by atoms with Crippen LogP contribution in [0.3, 0.4) is 0 Å². The lowest BCUT2D eigenvalue weighted by Crippen LogP contribution is -2.40. The Morgan fingerprint density at radius 1 is 1.30 bits per heavy atom. The molecule has 0 radical (unpaired) electrons. The summed E-state index contributed by atoms with van der Waals surface area (Å²) in [5.74, 6) is -0.578. The van der Waals surface area contributed by atoms with Crippen molar-refractivity contribution >= 4 is 5.97 Å². The quantitative estimate of drug-likeness (QED) is 0.609. The molecule has 0 bridgehead atoms. The second kappa shape index (κ2) is 5.50. The second-order valence-electron chi connectivity index (χ2n) is 5.48. The molecular weight excluding hydrogens is 250 g/mol. The molecule has 0 N–H and O–H groups in total. The summed E-state index contributed by atoms with van der Waals surface area (Å²) in [6.45, 7) is 4.06. The predicted octanol–water partition coefficient (Wildman–Crippen LogP) is 3.58. The van der Waals surface area contributed by atoms with Crippen LogP contribution in [0.15, 0.2) is 41.5 Å². The first-order chi connectivity index (χ1) is 9.55. The Morgan fingerprint density at radius 3 is 2.50 bits per heavy atom. The van der Waals surface area contributed by atoms with Crippen LogP contribution in [0.2, 0.25) is 0 Å². The smallest absolute Gasteiger partial charge is 0.327 e. The van der Waals surface area contributed by atoms with Gasteiger partial charge in [0, 0.05) is 5.92 Å². The van der Waals surface area contributed by atoms with Gasteiger partial charge in [-0.05, 0) is 32.3 Å². The summed E-state index contributed by atoms with van der Waals surface area (Å²) in [5.41, 5.74) is 2.28. The summed E-state index contributed by atoms with van der Waals surface area (Å²) < 4.78 is 4.94. The molecule has 1 aromatic carbocycles. The minimum Gasteiger partial charge on any atom is -0.468 e. The molecule has 0 aliphatic heterocycles. The molecule has 0 saturated heterocycles. The van der Waals surface area contributed by atoms with Gasteiger partial charge in [-0.1, -0.05) is 41.5 Å². The van der Waals surface area contributed by atoms with Crippen molar-refractivity contribution in [2.45, 2.75) is 32.6 Å². The molecule has 0 fully saturated rings. The van der Waals surface area contributed by atoms with Crippen molar-refractivity contribution in [3.8, 4) is 6.07 Å². The van der Waals surface area contributed by atoms with Gasteiger partial charge in [0.25, 0.3) is 0 Å². The van der Waals surface area contributed by atoms with Crippen molar-refractivity contribution in [1.29, 1.82) is 5.26 Å². The van der Waals surface area contributed by atoms with Crippen molar-refractivity contribution in [3.63, 3.8) is 0 Å². The first kappa shape index (κ1) is 14.3. The third-order valence-electron chi connectivity index (χ3n) is 4.33. The summed E-state index contributed by atoms with van der Waals surface area (Å²) in [4.78, 5) is 12.3. The van der Waals surface area contributed by atoms with Crippen molar-refractivity contribution < 1.29 is 9.53 Å². The van der Waals surface area contributed by atoms with Crippen molar-refractivity contribution in [2.24, 2.45) is 5.41 Å². The Labute approximate surface area is 119 Å². The van der Waals surface area contributed by atoms with Gasteiger partial charge in [0.1, 0.15) is 0 Å². The Hall–Kier alpha value is -2.08. The van der Waals surface area contributed by atoms with Gasteiger partial charge in [-0.3, -0.25) is 4.79 Å². The lowest BCUT2D eigenvalue weighted by molar-refractivity contribution is -0.150. The van der Waals surface area contributed by atoms with E-state index in [0.717, 1.165) is 17.6 Å². The first-order valence-corrected chi connectivity index (χ1v) is 6.75. The molecule has 1 aromatic rings. The SMILES string of the molecule is COC(=O)[C@@]1(C#N)CC(C)=C(C)C[C@@H]1c1ccccc1. The average molecular weight is 269 g/mol. The summed E-state index contributed by atoms with van der Waals surface area (Å²) in [6, 6.07) is 12.0. The maximum atomic E-state index is 12.3. The van der Waals surface area contributed by atoms with E-state index in [1.807, 2.05) is 37.3 Å². The fourth-order valence-electron chi connectivity index (χ4n) is 2.99. The van der Waals surface area contributed by atoms with E-state index in [0.29, 0.717) is 6.42 Å². The Kier molecular flexibility index (Phi) is 3.94. The maximum absolute atomic E-state index is 12.3. The van der Waals surface area contributed by atoms with Gasteiger partial charge < -0.3 is 4.74 Å². The van der Waals surface area contributed by atoms with Crippen LogP contribution in [-0.2, 0) is 9.53 Å². The number of carbonyl (C=O) groups is 1. The molecule has 20 heavy (non-hydrogen) atoms. The highest BCUT2D eigenvalue weighted by molar-refractivity contribution is 5.82. The zero-order valence-electron chi connectivity index (χ0n) is 12.1. The number of allylic oxidation sites excluding steroid dienone is 2. The number of carbonyl (C=O) groups excluding carboxylic acids is 1. The fraction of sp³-hybridized carbons (Fsp3) is 0.412. The van der Waals surface area contributed by atoms with Crippen LogP contribution in [0.1, 0.15) is 38.2 Å². The van der Waals surface area contributed by atoms with E-state index in [9.17, 15) is 10.1 Å². The third kappa shape index (κ3) is 2.22. The molecule has 0 heterocycles. The summed E-state index contributed by atoms with van der Waals surface area (Å²) in [6.07, 6.45) is 1.17. The molecule has 104 valence electrons. The lowest BCUT2D eigenvalue weighted by atomic mass is 9.63. The van der Waals surface area contributed by atoms with Gasteiger partial charge in [0.05, 0.1) is 13.2 Å². The van der Waals surface area contributed by atoms with Gasteiger partial charge in [0.2, 0.25) is 0 Å². The van der Waals surface area contributed by atoms with E-state index in [1.54, 1.807) is 0 Å². The summed E-state index contributed by atoms with van der Waals surface area (Å²) in [5, 5.41) is 9.71. The van der Waals surface area contributed by atoms with Crippen LogP contribution in [0.25, 0.3) is 0 Å². The van der Waals surface area contributed by atoms with E-state index < -0.39 is 11.4 Å². The van der Waals surface area contributed by atoms with Crippen molar-refractivity contribution in [3.05, 3.63) is 47.0 Å². The molecule has 1 aliphatic carbocycles. The minimum atomic E-state index is -1.11. The summed E-state index contributed by atoms with van der Waals surface area (Å²) in [7, 11) is 1.35. The van der Waals surface area contributed by atoms with Crippen molar-refractivity contribution in [1.82, 2.24) is 0 Å². The number of nitrogens with zero attached hydrogens (tertiary/aromatic N) is 1. The number of methoxy groups -OCH3 is 1. The second-order valence-corrected chi connectivity index (χ2v) is 5.48. The average Bonchev–Trinajstić information content (AvgIpc) is 2.49. The molecule has 0 amide bonds. The molecule has 2 rings (SSSR count). The maximum Gasteiger partial charge on any atom is 0.327 e. The lowest BCUT2D eigenvalue weighted by Gasteiger charge is -2.37. The molecule has 1 aliphatic rings. The largest absolute Gasteiger partial charge is 0.468 e. The number of hydrogen-bond donors (Lipinski definition) is 0. The molecule has 2 atom stereocenters. The van der Waals surface area contributed by atoms with Crippen LogP contribution >= 0.6 is 0 Å². The van der Waals surface area contributed by atoms with Crippen molar-refractivity contribution in [2.75, 3.05) is 7.11 Å². The minimum absolute atomic E-state index is 0.148. The standard InChI is InChI=1S/C17H19NO2/c1-12-9-15(14-7-5-4-6-8-14)17(11-18,10-13(12)2)16(19)20-3/h4-8,15H,9-10H2,1-3H3/t15-,17-/m1/s1. The van der Waals surface area contributed by atoms with E-state index in [4.69, 9.17) is 4.74 Å². The van der Waals surface area contributed by atoms with E-state index in [1.165, 1.54) is 12.7 Å². The number of benzene rings is 1. The molecule has 3 heteroatoms. The number of nitriles is 1. The van der Waals surface area contributed by atoms with E-state index >= 15 is 0 Å². The summed E-state index contributed by atoms with van der Waals surface area (Å²) >= 11 is 0. The van der Waals surface area contributed by atoms with Crippen LogP contribution in [0.4, 0.5) is 0 Å². The normalized spacial score (nSPS) is 26.0. The monoisotopic (exact) mass is 269 g/mol. The number of hydrogen-bond acceptors (Lipinski definition) is 3. The van der Waals surface area contributed by atoms with Crippen LogP contribution in [0, 0.1) is 16.7 Å². The topological polar surface area (TPSA) is 50.1 Å². The van der Waals surface area contributed by atoms with Crippen LogP contribution < -0.4 is 0 Å². The third-order valence-corrected chi connectivity index (χ3v) is 4.33. The molecular formula is C17H19NO2. The number of ether oxygens (including phenoxy) is 1. The van der Waals surface area contributed by atoms with Gasteiger partial charge >= 0.3 is 5.97 Å². The zero-order valence-corrected chi connectivity index (χ0v) is 12.1. The van der Waals surface area contributed by atoms with E-state index in [-0.39, 0.29) is 5.92 Å². The molecule has 0 spiro atoms. The zero-order chi connectivity index (χ0) is 14.8. The highest BCUT2D eigenvalue weighted by Gasteiger charge is 2.50. The van der Waals surface area contributed by atoms with Crippen LogP contribution in [-0.4, -0.2) is 13.1 Å².